The molecule has 0 bridgehead atoms. The molecule has 0 saturated heterocycles. The van der Waals surface area contributed by atoms with E-state index in [2.05, 4.69) is 75.2 Å². The van der Waals surface area contributed by atoms with Crippen LogP contribution in [0.25, 0.3) is 0 Å². The number of hydrogen-bond acceptors (Lipinski definition) is 2. The third-order valence-corrected chi connectivity index (χ3v) is 4.28. The largest absolute Gasteiger partial charge is 0.312 e. The van der Waals surface area contributed by atoms with E-state index in [9.17, 15) is 0 Å². The highest BCUT2D eigenvalue weighted by Crippen LogP contribution is 2.27. The zero-order valence-corrected chi connectivity index (χ0v) is 12.3. The quantitative estimate of drug-likeness (QED) is 0.782. The Morgan fingerprint density at radius 2 is 1.76 bits per heavy atom. The zero-order chi connectivity index (χ0) is 12.7. The minimum Gasteiger partial charge on any atom is -0.312 e. The van der Waals surface area contributed by atoms with Gasteiger partial charge in [0.05, 0.1) is 0 Å². The van der Waals surface area contributed by atoms with Crippen LogP contribution in [0, 0.1) is 5.92 Å². The van der Waals surface area contributed by atoms with Crippen LogP contribution in [-0.2, 0) is 0 Å². The van der Waals surface area contributed by atoms with Crippen molar-refractivity contribution in [1.29, 1.82) is 0 Å². The Labute approximate surface area is 110 Å². The third kappa shape index (κ3) is 5.13. The van der Waals surface area contributed by atoms with Crippen LogP contribution in [0.5, 0.6) is 0 Å². The average Bonchev–Trinajstić information content (AvgIpc) is 2.31. The fourth-order valence-electron chi connectivity index (χ4n) is 1.92. The summed E-state index contributed by atoms with van der Waals surface area (Å²) in [4.78, 5) is 0. The first kappa shape index (κ1) is 14.6. The van der Waals surface area contributed by atoms with Crippen molar-refractivity contribution in [3.05, 3.63) is 35.9 Å². The molecule has 2 atom stereocenters. The van der Waals surface area contributed by atoms with Crippen molar-refractivity contribution in [3.8, 4) is 0 Å². The van der Waals surface area contributed by atoms with Gasteiger partial charge in [-0.3, -0.25) is 0 Å². The van der Waals surface area contributed by atoms with Crippen LogP contribution >= 0.6 is 11.8 Å². The lowest BCUT2D eigenvalue weighted by atomic mass is 10.0. The molecule has 1 rings (SSSR count). The summed E-state index contributed by atoms with van der Waals surface area (Å²) in [7, 11) is 2.05. The van der Waals surface area contributed by atoms with Gasteiger partial charge in [-0.05, 0) is 30.7 Å². The van der Waals surface area contributed by atoms with Gasteiger partial charge < -0.3 is 5.32 Å². The van der Waals surface area contributed by atoms with Crippen LogP contribution in [0.4, 0.5) is 0 Å². The normalized spacial score (nSPS) is 14.9. The monoisotopic (exact) mass is 251 g/mol. The van der Waals surface area contributed by atoms with Crippen LogP contribution in [-0.4, -0.2) is 18.1 Å². The fourth-order valence-corrected chi connectivity index (χ4v) is 3.38. The van der Waals surface area contributed by atoms with Crippen LogP contribution in [0.15, 0.2) is 30.3 Å². The molecule has 1 N–H and O–H groups in total. The summed E-state index contributed by atoms with van der Waals surface area (Å²) in [5, 5.41) is 4.05. The molecule has 0 aliphatic heterocycles. The zero-order valence-electron chi connectivity index (χ0n) is 11.4. The van der Waals surface area contributed by atoms with Gasteiger partial charge in [-0.1, -0.05) is 51.1 Å². The Hall–Kier alpha value is -0.470. The van der Waals surface area contributed by atoms with Crippen molar-refractivity contribution in [1.82, 2.24) is 5.32 Å². The highest BCUT2D eigenvalue weighted by molar-refractivity contribution is 7.99. The van der Waals surface area contributed by atoms with Gasteiger partial charge in [0.25, 0.3) is 0 Å². The van der Waals surface area contributed by atoms with E-state index in [-0.39, 0.29) is 0 Å². The summed E-state index contributed by atoms with van der Waals surface area (Å²) >= 11 is 2.07. The summed E-state index contributed by atoms with van der Waals surface area (Å²) in [5.74, 6) is 2.06. The van der Waals surface area contributed by atoms with Gasteiger partial charge in [0.1, 0.15) is 0 Å². The van der Waals surface area contributed by atoms with E-state index >= 15 is 0 Å². The molecule has 0 radical (unpaired) electrons. The number of thioether (sulfide) groups is 1. The summed E-state index contributed by atoms with van der Waals surface area (Å²) in [5.41, 5.74) is 1.39. The van der Waals surface area contributed by atoms with Crippen molar-refractivity contribution < 1.29 is 0 Å². The third-order valence-electron chi connectivity index (χ3n) is 3.02. The number of rotatable bonds is 7. The Bertz CT molecular complexity index is 297. The van der Waals surface area contributed by atoms with Gasteiger partial charge in [0.15, 0.2) is 0 Å². The Balaban J connectivity index is 2.50. The maximum Gasteiger partial charge on any atom is 0.0435 e. The van der Waals surface area contributed by atoms with Gasteiger partial charge in [-0.15, -0.1) is 0 Å². The van der Waals surface area contributed by atoms with E-state index in [4.69, 9.17) is 0 Å². The topological polar surface area (TPSA) is 12.0 Å². The standard InChI is InChI=1S/C15H25NS/c1-12(2)10-11-17-13(3)15(16-4)14-8-6-5-7-9-14/h5-9,12-13,15-16H,10-11H2,1-4H3. The van der Waals surface area contributed by atoms with E-state index in [0.717, 1.165) is 5.92 Å². The first-order chi connectivity index (χ1) is 8.15. The molecule has 2 heteroatoms. The highest BCUT2D eigenvalue weighted by Gasteiger charge is 2.17. The van der Waals surface area contributed by atoms with Crippen molar-refractivity contribution in [3.63, 3.8) is 0 Å². The molecule has 0 amide bonds. The molecule has 1 aromatic carbocycles. The molecule has 0 aliphatic carbocycles. The Morgan fingerprint density at radius 3 is 2.29 bits per heavy atom. The molecule has 0 aliphatic rings. The van der Waals surface area contributed by atoms with Crippen LogP contribution in [0.1, 0.15) is 38.8 Å². The first-order valence-corrected chi connectivity index (χ1v) is 7.53. The molecule has 1 nitrogen and oxygen atoms in total. The van der Waals surface area contributed by atoms with Crippen LogP contribution < -0.4 is 5.32 Å². The van der Waals surface area contributed by atoms with E-state index in [1.54, 1.807) is 0 Å². The van der Waals surface area contributed by atoms with Gasteiger partial charge >= 0.3 is 0 Å². The van der Waals surface area contributed by atoms with Crippen LogP contribution in [0.3, 0.4) is 0 Å². The Kier molecular flexibility index (Phi) is 6.68. The van der Waals surface area contributed by atoms with Gasteiger partial charge in [0, 0.05) is 11.3 Å². The van der Waals surface area contributed by atoms with E-state index < -0.39 is 0 Å². The molecular weight excluding hydrogens is 226 g/mol. The number of benzene rings is 1. The van der Waals surface area contributed by atoms with Crippen molar-refractivity contribution in [2.45, 2.75) is 38.5 Å². The molecule has 0 spiro atoms. The molecule has 0 aromatic heterocycles. The second-order valence-corrected chi connectivity index (χ2v) is 6.42. The molecule has 17 heavy (non-hydrogen) atoms. The van der Waals surface area contributed by atoms with Gasteiger partial charge in [0.2, 0.25) is 0 Å². The average molecular weight is 251 g/mol. The van der Waals surface area contributed by atoms with Gasteiger partial charge in [-0.25, -0.2) is 0 Å². The molecule has 0 fully saturated rings. The second kappa shape index (κ2) is 7.78. The maximum absolute atomic E-state index is 3.44. The summed E-state index contributed by atoms with van der Waals surface area (Å²) in [6.45, 7) is 6.90. The maximum atomic E-state index is 3.44. The molecule has 1 aromatic rings. The predicted molar refractivity (Wildman–Crippen MR) is 79.6 cm³/mol. The first-order valence-electron chi connectivity index (χ1n) is 6.49. The van der Waals surface area contributed by atoms with E-state index in [1.807, 2.05) is 0 Å². The predicted octanol–water partition coefficient (Wildman–Crippen LogP) is 4.11. The minimum absolute atomic E-state index is 0.452. The Morgan fingerprint density at radius 1 is 1.12 bits per heavy atom. The fraction of sp³-hybridized carbons (Fsp3) is 0.600. The van der Waals surface area contributed by atoms with Crippen LogP contribution in [0.2, 0.25) is 0 Å². The van der Waals surface area contributed by atoms with Crippen molar-refractivity contribution in [2.75, 3.05) is 12.8 Å². The lowest BCUT2D eigenvalue weighted by molar-refractivity contribution is 0.585. The minimum atomic E-state index is 0.452. The van der Waals surface area contributed by atoms with E-state index in [1.165, 1.54) is 17.7 Å². The molecule has 0 saturated carbocycles. The molecular formula is C15H25NS. The molecule has 96 valence electrons. The SMILES string of the molecule is CNC(c1ccccc1)C(C)SCCC(C)C. The number of hydrogen-bond donors (Lipinski definition) is 1. The van der Waals surface area contributed by atoms with Gasteiger partial charge in [-0.2, -0.15) is 11.8 Å². The lowest BCUT2D eigenvalue weighted by Gasteiger charge is -2.24. The summed E-state index contributed by atoms with van der Waals surface area (Å²) in [6.07, 6.45) is 1.31. The van der Waals surface area contributed by atoms with E-state index in [0.29, 0.717) is 11.3 Å². The molecule has 0 heterocycles. The summed E-state index contributed by atoms with van der Waals surface area (Å²) < 4.78 is 0. The smallest absolute Gasteiger partial charge is 0.0435 e. The lowest BCUT2D eigenvalue weighted by Crippen LogP contribution is -2.25. The van der Waals surface area contributed by atoms with Crippen molar-refractivity contribution >= 4 is 11.8 Å². The van der Waals surface area contributed by atoms with Crippen molar-refractivity contribution in [2.24, 2.45) is 5.92 Å². The second-order valence-electron chi connectivity index (χ2n) is 4.94. The molecule has 2 unspecified atom stereocenters. The number of nitrogens with one attached hydrogen (secondary N) is 1. The summed E-state index contributed by atoms with van der Waals surface area (Å²) in [6, 6.07) is 11.2. The highest BCUT2D eigenvalue weighted by atomic mass is 32.2.